The van der Waals surface area contributed by atoms with Crippen molar-refractivity contribution in [1.29, 1.82) is 0 Å². The van der Waals surface area contributed by atoms with Gasteiger partial charge in [-0.25, -0.2) is 4.98 Å². The Labute approximate surface area is 122 Å². The maximum absolute atomic E-state index is 4.43. The van der Waals surface area contributed by atoms with Gasteiger partial charge in [-0.2, -0.15) is 0 Å². The van der Waals surface area contributed by atoms with Crippen LogP contribution in [0.3, 0.4) is 0 Å². The third-order valence-electron chi connectivity index (χ3n) is 2.84. The van der Waals surface area contributed by atoms with E-state index in [0.29, 0.717) is 6.04 Å². The van der Waals surface area contributed by atoms with E-state index in [1.54, 1.807) is 0 Å². The number of halogens is 1. The van der Waals surface area contributed by atoms with Crippen molar-refractivity contribution in [2.45, 2.75) is 33.4 Å². The van der Waals surface area contributed by atoms with E-state index in [1.165, 1.54) is 14.8 Å². The van der Waals surface area contributed by atoms with Crippen molar-refractivity contribution in [3.05, 3.63) is 45.6 Å². The molecule has 4 heteroatoms. The van der Waals surface area contributed by atoms with Crippen LogP contribution >= 0.6 is 22.6 Å². The van der Waals surface area contributed by atoms with Crippen molar-refractivity contribution in [3.63, 3.8) is 0 Å². The van der Waals surface area contributed by atoms with E-state index in [9.17, 15) is 0 Å². The van der Waals surface area contributed by atoms with E-state index in [1.807, 2.05) is 6.33 Å². The molecule has 1 aromatic carbocycles. The minimum atomic E-state index is 0.481. The highest BCUT2D eigenvalue weighted by atomic mass is 127. The first-order chi connectivity index (χ1) is 8.58. The maximum Gasteiger partial charge on any atom is 0.0995 e. The topological polar surface area (TPSA) is 29.9 Å². The predicted octanol–water partition coefficient (Wildman–Crippen LogP) is 3.28. The molecule has 0 aliphatic carbocycles. The second-order valence-electron chi connectivity index (χ2n) is 4.69. The van der Waals surface area contributed by atoms with Crippen LogP contribution in [0.15, 0.2) is 30.7 Å². The number of benzene rings is 1. The maximum atomic E-state index is 4.43. The number of nitrogens with one attached hydrogen (secondary N) is 1. The zero-order chi connectivity index (χ0) is 13.1. The average Bonchev–Trinajstić information content (AvgIpc) is 2.78. The fourth-order valence-corrected chi connectivity index (χ4v) is 2.26. The quantitative estimate of drug-likeness (QED) is 0.853. The molecule has 18 heavy (non-hydrogen) atoms. The first-order valence-corrected chi connectivity index (χ1v) is 7.17. The molecule has 0 fully saturated rings. The van der Waals surface area contributed by atoms with Crippen LogP contribution in [0.25, 0.3) is 5.69 Å². The van der Waals surface area contributed by atoms with Crippen LogP contribution in [0.4, 0.5) is 0 Å². The van der Waals surface area contributed by atoms with Gasteiger partial charge < -0.3 is 9.88 Å². The summed E-state index contributed by atoms with van der Waals surface area (Å²) in [6.45, 7) is 7.23. The molecular formula is C14H18IN3. The van der Waals surface area contributed by atoms with E-state index in [-0.39, 0.29) is 0 Å². The Hall–Kier alpha value is -0.880. The number of hydrogen-bond donors (Lipinski definition) is 1. The lowest BCUT2D eigenvalue weighted by Gasteiger charge is -2.08. The van der Waals surface area contributed by atoms with Gasteiger partial charge in [0.1, 0.15) is 0 Å². The summed E-state index contributed by atoms with van der Waals surface area (Å²) in [5.41, 5.74) is 3.56. The molecule has 0 atom stereocenters. The molecule has 0 saturated heterocycles. The molecule has 0 aliphatic heterocycles. The van der Waals surface area contributed by atoms with E-state index in [0.717, 1.165) is 12.2 Å². The molecule has 2 rings (SSSR count). The number of rotatable bonds is 4. The Morgan fingerprint density at radius 1 is 1.39 bits per heavy atom. The average molecular weight is 355 g/mol. The summed E-state index contributed by atoms with van der Waals surface area (Å²) in [5.74, 6) is 0. The lowest BCUT2D eigenvalue weighted by atomic mass is 10.2. The fourth-order valence-electron chi connectivity index (χ4n) is 1.77. The first-order valence-electron chi connectivity index (χ1n) is 6.09. The van der Waals surface area contributed by atoms with Gasteiger partial charge >= 0.3 is 0 Å². The molecule has 0 spiro atoms. The molecule has 0 saturated carbocycles. The second kappa shape index (κ2) is 5.84. The Balaban J connectivity index is 2.21. The van der Waals surface area contributed by atoms with Crippen LogP contribution in [0.2, 0.25) is 0 Å². The number of hydrogen-bond acceptors (Lipinski definition) is 2. The molecule has 96 valence electrons. The van der Waals surface area contributed by atoms with Crippen molar-refractivity contribution in [2.24, 2.45) is 0 Å². The molecule has 2 aromatic rings. The Kier molecular flexibility index (Phi) is 4.40. The Bertz CT molecular complexity index is 532. The molecule has 1 heterocycles. The van der Waals surface area contributed by atoms with Crippen molar-refractivity contribution in [2.75, 3.05) is 0 Å². The van der Waals surface area contributed by atoms with Gasteiger partial charge in [-0.3, -0.25) is 0 Å². The molecule has 0 unspecified atom stereocenters. The summed E-state index contributed by atoms with van der Waals surface area (Å²) in [4.78, 5) is 4.43. The molecular weight excluding hydrogens is 337 g/mol. The fraction of sp³-hybridized carbons (Fsp3) is 0.357. The summed E-state index contributed by atoms with van der Waals surface area (Å²) in [6.07, 6.45) is 3.98. The largest absolute Gasteiger partial charge is 0.309 e. The van der Waals surface area contributed by atoms with Gasteiger partial charge in [0.05, 0.1) is 17.7 Å². The molecule has 0 radical (unpaired) electrons. The van der Waals surface area contributed by atoms with Gasteiger partial charge in [0.15, 0.2) is 0 Å². The molecule has 1 aromatic heterocycles. The molecule has 1 N–H and O–H groups in total. The van der Waals surface area contributed by atoms with Gasteiger partial charge in [0.2, 0.25) is 0 Å². The normalized spacial score (nSPS) is 11.2. The van der Waals surface area contributed by atoms with Crippen LogP contribution in [0.1, 0.15) is 25.1 Å². The summed E-state index contributed by atoms with van der Waals surface area (Å²) in [5, 5.41) is 3.38. The smallest absolute Gasteiger partial charge is 0.0995 e. The summed E-state index contributed by atoms with van der Waals surface area (Å²) < 4.78 is 3.37. The van der Waals surface area contributed by atoms with Crippen molar-refractivity contribution in [3.8, 4) is 5.69 Å². The third-order valence-corrected chi connectivity index (χ3v) is 4.01. The Morgan fingerprint density at radius 3 is 2.89 bits per heavy atom. The van der Waals surface area contributed by atoms with Gasteiger partial charge in [-0.15, -0.1) is 0 Å². The van der Waals surface area contributed by atoms with Crippen LogP contribution in [-0.2, 0) is 6.54 Å². The molecule has 0 aliphatic rings. The summed E-state index contributed by atoms with van der Waals surface area (Å²) in [7, 11) is 0. The summed E-state index contributed by atoms with van der Waals surface area (Å²) >= 11 is 2.36. The monoisotopic (exact) mass is 355 g/mol. The number of aromatic nitrogens is 2. The highest BCUT2D eigenvalue weighted by molar-refractivity contribution is 14.1. The number of imidazole rings is 1. The minimum absolute atomic E-state index is 0.481. The van der Waals surface area contributed by atoms with Gasteiger partial charge in [0.25, 0.3) is 0 Å². The van der Waals surface area contributed by atoms with E-state index in [4.69, 9.17) is 0 Å². The van der Waals surface area contributed by atoms with Crippen LogP contribution in [0.5, 0.6) is 0 Å². The third kappa shape index (κ3) is 3.11. The zero-order valence-electron chi connectivity index (χ0n) is 10.9. The van der Waals surface area contributed by atoms with Crippen LogP contribution in [0, 0.1) is 10.5 Å². The predicted molar refractivity (Wildman–Crippen MR) is 83.0 cm³/mol. The van der Waals surface area contributed by atoms with Crippen LogP contribution < -0.4 is 5.32 Å². The molecule has 0 bridgehead atoms. The van der Waals surface area contributed by atoms with Gasteiger partial charge in [-0.1, -0.05) is 19.9 Å². The van der Waals surface area contributed by atoms with Crippen molar-refractivity contribution >= 4 is 22.6 Å². The highest BCUT2D eigenvalue weighted by Crippen LogP contribution is 2.19. The Morgan fingerprint density at radius 2 is 2.17 bits per heavy atom. The van der Waals surface area contributed by atoms with Crippen molar-refractivity contribution < 1.29 is 0 Å². The van der Waals surface area contributed by atoms with E-state index >= 15 is 0 Å². The summed E-state index contributed by atoms with van der Waals surface area (Å²) in [6, 6.07) is 6.81. The lowest BCUT2D eigenvalue weighted by molar-refractivity contribution is 0.582. The van der Waals surface area contributed by atoms with E-state index < -0.39 is 0 Å². The van der Waals surface area contributed by atoms with Gasteiger partial charge in [-0.05, 0) is 47.2 Å². The molecule has 0 amide bonds. The zero-order valence-corrected chi connectivity index (χ0v) is 13.1. The standard InChI is InChI=1S/C14H18IN3/c1-10(2)16-7-12-8-18(9-17-12)14-6-4-5-13(15)11(14)3/h4-6,8-10,16H,7H2,1-3H3. The van der Waals surface area contributed by atoms with Crippen LogP contribution in [-0.4, -0.2) is 15.6 Å². The SMILES string of the molecule is Cc1c(I)cccc1-n1cnc(CNC(C)C)c1. The number of nitrogens with zero attached hydrogens (tertiary/aromatic N) is 2. The van der Waals surface area contributed by atoms with Crippen molar-refractivity contribution in [1.82, 2.24) is 14.9 Å². The molecule has 3 nitrogen and oxygen atoms in total. The first kappa shape index (κ1) is 13.5. The van der Waals surface area contributed by atoms with Gasteiger partial charge in [0, 0.05) is 22.4 Å². The lowest BCUT2D eigenvalue weighted by Crippen LogP contribution is -2.21. The highest BCUT2D eigenvalue weighted by Gasteiger charge is 2.05. The van der Waals surface area contributed by atoms with E-state index in [2.05, 4.69) is 82.6 Å². The second-order valence-corrected chi connectivity index (χ2v) is 5.85. The minimum Gasteiger partial charge on any atom is -0.309 e.